The second kappa shape index (κ2) is 4.34. The molecule has 1 saturated carbocycles. The third kappa shape index (κ3) is 2.63. The highest BCUT2D eigenvalue weighted by molar-refractivity contribution is 6.31. The monoisotopic (exact) mass is 251 g/mol. The summed E-state index contributed by atoms with van der Waals surface area (Å²) in [5.41, 5.74) is 1.19. The molecule has 0 radical (unpaired) electrons. The second-order valence-electron chi connectivity index (χ2n) is 5.53. The van der Waals surface area contributed by atoms with Gasteiger partial charge in [-0.3, -0.25) is 4.79 Å². The Balaban J connectivity index is 2.01. The van der Waals surface area contributed by atoms with Gasteiger partial charge in [-0.15, -0.1) is 0 Å². The molecule has 0 aromatic heterocycles. The molecule has 2 nitrogen and oxygen atoms in total. The topological polar surface area (TPSA) is 20.3 Å². The zero-order chi connectivity index (χ0) is 12.6. The standard InChI is InChI=1S/C14H18ClNO/c1-14(2)8-11(14)13(17)16(3)9-10-6-4-5-7-12(10)15/h4-7,11H,8-9H2,1-3H3/t11-/m0/s1. The van der Waals surface area contributed by atoms with E-state index in [9.17, 15) is 4.79 Å². The summed E-state index contributed by atoms with van der Waals surface area (Å²) in [6, 6.07) is 7.67. The van der Waals surface area contributed by atoms with Crippen LogP contribution in [0, 0.1) is 11.3 Å². The van der Waals surface area contributed by atoms with Crippen molar-refractivity contribution in [3.63, 3.8) is 0 Å². The molecule has 1 aliphatic carbocycles. The van der Waals surface area contributed by atoms with Crippen LogP contribution in [0.1, 0.15) is 25.8 Å². The van der Waals surface area contributed by atoms with Crippen LogP contribution in [-0.4, -0.2) is 17.9 Å². The van der Waals surface area contributed by atoms with Gasteiger partial charge in [0.25, 0.3) is 0 Å². The molecule has 1 atom stereocenters. The van der Waals surface area contributed by atoms with Crippen molar-refractivity contribution in [2.24, 2.45) is 11.3 Å². The third-order valence-electron chi connectivity index (χ3n) is 3.55. The highest BCUT2D eigenvalue weighted by Gasteiger charge is 2.51. The fourth-order valence-electron chi connectivity index (χ4n) is 2.11. The van der Waals surface area contributed by atoms with Crippen molar-refractivity contribution in [2.45, 2.75) is 26.8 Å². The van der Waals surface area contributed by atoms with Crippen molar-refractivity contribution in [2.75, 3.05) is 7.05 Å². The maximum absolute atomic E-state index is 12.1. The molecule has 1 aromatic rings. The first kappa shape index (κ1) is 12.4. The van der Waals surface area contributed by atoms with E-state index in [0.29, 0.717) is 6.54 Å². The van der Waals surface area contributed by atoms with Crippen molar-refractivity contribution < 1.29 is 4.79 Å². The molecule has 1 aromatic carbocycles. The van der Waals surface area contributed by atoms with E-state index in [1.165, 1.54) is 0 Å². The van der Waals surface area contributed by atoms with E-state index in [1.54, 1.807) is 4.90 Å². The number of amides is 1. The van der Waals surface area contributed by atoms with Gasteiger partial charge >= 0.3 is 0 Å². The van der Waals surface area contributed by atoms with Crippen LogP contribution in [0.4, 0.5) is 0 Å². The van der Waals surface area contributed by atoms with E-state index in [1.807, 2.05) is 31.3 Å². The fourth-order valence-corrected chi connectivity index (χ4v) is 2.31. The molecule has 1 aliphatic rings. The summed E-state index contributed by atoms with van der Waals surface area (Å²) in [5, 5.41) is 0.724. The molecule has 0 heterocycles. The highest BCUT2D eigenvalue weighted by atomic mass is 35.5. The summed E-state index contributed by atoms with van der Waals surface area (Å²) in [6.07, 6.45) is 0.999. The summed E-state index contributed by atoms with van der Waals surface area (Å²) < 4.78 is 0. The summed E-state index contributed by atoms with van der Waals surface area (Å²) >= 11 is 6.09. The molecule has 0 spiro atoms. The molecule has 0 bridgehead atoms. The first-order valence-corrected chi connectivity index (χ1v) is 6.28. The summed E-state index contributed by atoms with van der Waals surface area (Å²) in [5.74, 6) is 0.421. The Morgan fingerprint density at radius 3 is 2.59 bits per heavy atom. The number of halogens is 1. The average molecular weight is 252 g/mol. The lowest BCUT2D eigenvalue weighted by Gasteiger charge is -2.19. The third-order valence-corrected chi connectivity index (χ3v) is 3.92. The van der Waals surface area contributed by atoms with Crippen LogP contribution in [0.15, 0.2) is 24.3 Å². The molecule has 1 fully saturated rings. The average Bonchev–Trinajstić information content (AvgIpc) is 2.90. The molecule has 92 valence electrons. The molecular formula is C14H18ClNO. The van der Waals surface area contributed by atoms with Crippen LogP contribution in [-0.2, 0) is 11.3 Å². The summed E-state index contributed by atoms with van der Waals surface area (Å²) in [4.78, 5) is 13.9. The van der Waals surface area contributed by atoms with Gasteiger partial charge in [-0.05, 0) is 23.5 Å². The van der Waals surface area contributed by atoms with E-state index >= 15 is 0 Å². The van der Waals surface area contributed by atoms with Gasteiger partial charge in [0, 0.05) is 24.5 Å². The Bertz CT molecular complexity index is 442. The molecule has 0 aliphatic heterocycles. The molecule has 0 unspecified atom stereocenters. The van der Waals surface area contributed by atoms with Gasteiger partial charge in [0.15, 0.2) is 0 Å². The maximum Gasteiger partial charge on any atom is 0.226 e. The minimum absolute atomic E-state index is 0.186. The smallest absolute Gasteiger partial charge is 0.226 e. The van der Waals surface area contributed by atoms with E-state index in [-0.39, 0.29) is 17.2 Å². The quantitative estimate of drug-likeness (QED) is 0.807. The van der Waals surface area contributed by atoms with Crippen molar-refractivity contribution in [1.29, 1.82) is 0 Å². The normalized spacial score (nSPS) is 21.1. The Labute approximate surface area is 108 Å². The zero-order valence-corrected chi connectivity index (χ0v) is 11.3. The lowest BCUT2D eigenvalue weighted by atomic mass is 10.1. The molecule has 17 heavy (non-hydrogen) atoms. The lowest BCUT2D eigenvalue weighted by Crippen LogP contribution is -2.29. The zero-order valence-electron chi connectivity index (χ0n) is 10.5. The first-order chi connectivity index (χ1) is 7.92. The molecule has 0 N–H and O–H groups in total. The number of hydrogen-bond donors (Lipinski definition) is 0. The van der Waals surface area contributed by atoms with E-state index < -0.39 is 0 Å². The molecule has 1 amide bonds. The van der Waals surface area contributed by atoms with Crippen LogP contribution >= 0.6 is 11.6 Å². The van der Waals surface area contributed by atoms with Crippen LogP contribution in [0.25, 0.3) is 0 Å². The number of nitrogens with zero attached hydrogens (tertiary/aromatic N) is 1. The van der Waals surface area contributed by atoms with Crippen LogP contribution < -0.4 is 0 Å². The SMILES string of the molecule is CN(Cc1ccccc1Cl)C(=O)[C@@H]1CC1(C)C. The number of carbonyl (C=O) groups excluding carboxylic acids is 1. The minimum atomic E-state index is 0.186. The highest BCUT2D eigenvalue weighted by Crippen LogP contribution is 2.52. The summed E-state index contributed by atoms with van der Waals surface area (Å²) in [6.45, 7) is 4.86. The second-order valence-corrected chi connectivity index (χ2v) is 5.94. The van der Waals surface area contributed by atoms with Gasteiger partial charge in [0.05, 0.1) is 0 Å². The van der Waals surface area contributed by atoms with Gasteiger partial charge in [-0.2, -0.15) is 0 Å². The number of benzene rings is 1. The molecule has 2 rings (SSSR count). The number of rotatable bonds is 3. The van der Waals surface area contributed by atoms with Crippen LogP contribution in [0.2, 0.25) is 5.02 Å². The molecule has 3 heteroatoms. The van der Waals surface area contributed by atoms with Gasteiger partial charge in [0.2, 0.25) is 5.91 Å². The van der Waals surface area contributed by atoms with E-state index in [0.717, 1.165) is 17.0 Å². The van der Waals surface area contributed by atoms with Crippen molar-refractivity contribution in [3.8, 4) is 0 Å². The number of carbonyl (C=O) groups is 1. The number of hydrogen-bond acceptors (Lipinski definition) is 1. The minimum Gasteiger partial charge on any atom is -0.341 e. The van der Waals surface area contributed by atoms with Crippen molar-refractivity contribution in [3.05, 3.63) is 34.9 Å². The molecular weight excluding hydrogens is 234 g/mol. The van der Waals surface area contributed by atoms with E-state index in [4.69, 9.17) is 11.6 Å². The lowest BCUT2D eigenvalue weighted by molar-refractivity contribution is -0.132. The Morgan fingerprint density at radius 2 is 2.06 bits per heavy atom. The predicted octanol–water partition coefficient (Wildman–Crippen LogP) is 3.34. The first-order valence-electron chi connectivity index (χ1n) is 5.90. The van der Waals surface area contributed by atoms with Gasteiger partial charge in [-0.1, -0.05) is 43.6 Å². The van der Waals surface area contributed by atoms with Gasteiger partial charge in [0.1, 0.15) is 0 Å². The Hall–Kier alpha value is -1.02. The Kier molecular flexibility index (Phi) is 3.17. The maximum atomic E-state index is 12.1. The fraction of sp³-hybridized carbons (Fsp3) is 0.500. The van der Waals surface area contributed by atoms with Crippen molar-refractivity contribution in [1.82, 2.24) is 4.90 Å². The van der Waals surface area contributed by atoms with Gasteiger partial charge in [-0.25, -0.2) is 0 Å². The summed E-state index contributed by atoms with van der Waals surface area (Å²) in [7, 11) is 1.85. The van der Waals surface area contributed by atoms with Crippen LogP contribution in [0.5, 0.6) is 0 Å². The Morgan fingerprint density at radius 1 is 1.47 bits per heavy atom. The van der Waals surface area contributed by atoms with Crippen molar-refractivity contribution >= 4 is 17.5 Å². The predicted molar refractivity (Wildman–Crippen MR) is 69.8 cm³/mol. The molecule has 0 saturated heterocycles. The van der Waals surface area contributed by atoms with Gasteiger partial charge < -0.3 is 4.90 Å². The largest absolute Gasteiger partial charge is 0.341 e. The van der Waals surface area contributed by atoms with E-state index in [2.05, 4.69) is 13.8 Å². The van der Waals surface area contributed by atoms with Crippen LogP contribution in [0.3, 0.4) is 0 Å².